The maximum absolute atomic E-state index is 13.5. The van der Waals surface area contributed by atoms with E-state index in [0.717, 1.165) is 35.4 Å². The number of nitrogen functional groups attached to an aromatic ring is 1. The van der Waals surface area contributed by atoms with Crippen molar-refractivity contribution in [3.05, 3.63) is 53.6 Å². The number of hydrogen-bond donors (Lipinski definition) is 1. The van der Waals surface area contributed by atoms with Crippen LogP contribution in [-0.4, -0.2) is 9.55 Å². The molecular weight excluding hydrogens is 265 g/mol. The smallest absolute Gasteiger partial charge is 0.126 e. The molecule has 0 radical (unpaired) electrons. The first-order valence-corrected chi connectivity index (χ1v) is 7.13. The zero-order valence-corrected chi connectivity index (χ0v) is 12.2. The minimum atomic E-state index is -0.190. The van der Waals surface area contributed by atoms with Crippen molar-refractivity contribution in [2.45, 2.75) is 26.7 Å². The van der Waals surface area contributed by atoms with Crippen molar-refractivity contribution >= 4 is 16.7 Å². The van der Waals surface area contributed by atoms with E-state index >= 15 is 0 Å². The van der Waals surface area contributed by atoms with E-state index in [-0.39, 0.29) is 5.82 Å². The van der Waals surface area contributed by atoms with Gasteiger partial charge in [-0.05, 0) is 55.3 Å². The van der Waals surface area contributed by atoms with E-state index in [1.54, 1.807) is 13.0 Å². The number of fused-ring (bicyclic) bond motifs is 1. The third-order valence-electron chi connectivity index (χ3n) is 3.62. The fourth-order valence-corrected chi connectivity index (χ4v) is 2.59. The van der Waals surface area contributed by atoms with Gasteiger partial charge in [0.15, 0.2) is 0 Å². The van der Waals surface area contributed by atoms with Gasteiger partial charge in [-0.1, -0.05) is 6.92 Å². The molecule has 108 valence electrons. The van der Waals surface area contributed by atoms with Crippen LogP contribution in [0, 0.1) is 12.7 Å². The van der Waals surface area contributed by atoms with Gasteiger partial charge < -0.3 is 5.73 Å². The van der Waals surface area contributed by atoms with Crippen LogP contribution in [0.2, 0.25) is 0 Å². The summed E-state index contributed by atoms with van der Waals surface area (Å²) in [6.45, 7) is 3.89. The van der Waals surface area contributed by atoms with Gasteiger partial charge in [0.25, 0.3) is 0 Å². The van der Waals surface area contributed by atoms with E-state index in [1.165, 1.54) is 6.07 Å². The minimum absolute atomic E-state index is 0.190. The molecule has 0 spiro atoms. The number of halogens is 1. The van der Waals surface area contributed by atoms with E-state index < -0.39 is 0 Å². The monoisotopic (exact) mass is 283 g/mol. The molecular formula is C17H18FN3. The number of nitrogens with zero attached hydrogens (tertiary/aromatic N) is 2. The van der Waals surface area contributed by atoms with E-state index in [1.807, 2.05) is 24.3 Å². The van der Waals surface area contributed by atoms with Crippen LogP contribution >= 0.6 is 0 Å². The summed E-state index contributed by atoms with van der Waals surface area (Å²) in [7, 11) is 0. The molecule has 1 aromatic heterocycles. The summed E-state index contributed by atoms with van der Waals surface area (Å²) in [5, 5.41) is 0. The molecule has 0 bridgehead atoms. The Kier molecular flexibility index (Phi) is 3.37. The number of hydrogen-bond acceptors (Lipinski definition) is 2. The topological polar surface area (TPSA) is 43.8 Å². The van der Waals surface area contributed by atoms with E-state index in [4.69, 9.17) is 5.73 Å². The highest BCUT2D eigenvalue weighted by Crippen LogP contribution is 2.25. The summed E-state index contributed by atoms with van der Waals surface area (Å²) >= 11 is 0. The zero-order valence-electron chi connectivity index (χ0n) is 12.2. The molecule has 3 aromatic rings. The van der Waals surface area contributed by atoms with Crippen molar-refractivity contribution in [3.63, 3.8) is 0 Å². The number of imidazole rings is 1. The van der Waals surface area contributed by atoms with Crippen LogP contribution in [-0.2, 0) is 6.42 Å². The lowest BCUT2D eigenvalue weighted by atomic mass is 10.2. The van der Waals surface area contributed by atoms with Crippen molar-refractivity contribution in [2.24, 2.45) is 0 Å². The van der Waals surface area contributed by atoms with E-state index in [2.05, 4.69) is 16.5 Å². The number of rotatable bonds is 3. The number of aryl methyl sites for hydroxylation is 2. The van der Waals surface area contributed by atoms with Gasteiger partial charge >= 0.3 is 0 Å². The van der Waals surface area contributed by atoms with Crippen LogP contribution in [0.5, 0.6) is 0 Å². The molecule has 0 fully saturated rings. The molecule has 3 rings (SSSR count). The summed E-state index contributed by atoms with van der Waals surface area (Å²) in [6.07, 6.45) is 1.87. The summed E-state index contributed by atoms with van der Waals surface area (Å²) in [5.41, 5.74) is 9.98. The number of aromatic nitrogens is 2. The average molecular weight is 283 g/mol. The highest BCUT2D eigenvalue weighted by Gasteiger charge is 2.13. The third-order valence-corrected chi connectivity index (χ3v) is 3.62. The first kappa shape index (κ1) is 13.6. The fraction of sp³-hybridized carbons (Fsp3) is 0.235. The quantitative estimate of drug-likeness (QED) is 0.738. The SMILES string of the molecule is CCCc1nc2cc(N)ccc2n1-c1ccc(F)c(C)c1. The Labute approximate surface area is 123 Å². The Morgan fingerprint density at radius 2 is 2.00 bits per heavy atom. The Bertz CT molecular complexity index is 805. The Hall–Kier alpha value is -2.36. The van der Waals surface area contributed by atoms with Crippen LogP contribution in [0.4, 0.5) is 10.1 Å². The van der Waals surface area contributed by atoms with Crippen molar-refractivity contribution in [1.29, 1.82) is 0 Å². The van der Waals surface area contributed by atoms with Crippen molar-refractivity contribution in [3.8, 4) is 5.69 Å². The predicted molar refractivity (Wildman–Crippen MR) is 84.2 cm³/mol. The molecule has 3 nitrogen and oxygen atoms in total. The van der Waals surface area contributed by atoms with Crippen LogP contribution < -0.4 is 5.73 Å². The van der Waals surface area contributed by atoms with Crippen molar-refractivity contribution in [2.75, 3.05) is 5.73 Å². The van der Waals surface area contributed by atoms with Gasteiger partial charge in [-0.25, -0.2) is 9.37 Å². The second-order valence-electron chi connectivity index (χ2n) is 5.30. The standard InChI is InChI=1S/C17H18FN3/c1-3-4-17-20-15-10-12(19)5-8-16(15)21(17)13-6-7-14(18)11(2)9-13/h5-10H,3-4,19H2,1-2H3. The van der Waals surface area contributed by atoms with Gasteiger partial charge in [-0.2, -0.15) is 0 Å². The molecule has 0 amide bonds. The molecule has 2 aromatic carbocycles. The van der Waals surface area contributed by atoms with Gasteiger partial charge in [-0.3, -0.25) is 4.57 Å². The minimum Gasteiger partial charge on any atom is -0.399 e. The Morgan fingerprint density at radius 1 is 1.19 bits per heavy atom. The largest absolute Gasteiger partial charge is 0.399 e. The second kappa shape index (κ2) is 5.20. The molecule has 0 aliphatic rings. The van der Waals surface area contributed by atoms with Crippen LogP contribution in [0.25, 0.3) is 16.7 Å². The lowest BCUT2D eigenvalue weighted by Crippen LogP contribution is -2.02. The van der Waals surface area contributed by atoms with Crippen LogP contribution in [0.15, 0.2) is 36.4 Å². The molecule has 0 atom stereocenters. The van der Waals surface area contributed by atoms with Crippen LogP contribution in [0.3, 0.4) is 0 Å². The molecule has 21 heavy (non-hydrogen) atoms. The summed E-state index contributed by atoms with van der Waals surface area (Å²) in [6, 6.07) is 10.9. The Morgan fingerprint density at radius 3 is 2.71 bits per heavy atom. The lowest BCUT2D eigenvalue weighted by Gasteiger charge is -2.10. The molecule has 4 heteroatoms. The normalized spacial score (nSPS) is 11.2. The molecule has 0 aliphatic heterocycles. The highest BCUT2D eigenvalue weighted by molar-refractivity contribution is 5.81. The van der Waals surface area contributed by atoms with Gasteiger partial charge in [0.2, 0.25) is 0 Å². The van der Waals surface area contributed by atoms with Crippen molar-refractivity contribution in [1.82, 2.24) is 9.55 Å². The lowest BCUT2D eigenvalue weighted by molar-refractivity contribution is 0.618. The molecule has 2 N–H and O–H groups in total. The molecule has 0 unspecified atom stereocenters. The molecule has 0 saturated heterocycles. The first-order valence-electron chi connectivity index (χ1n) is 7.13. The maximum atomic E-state index is 13.5. The number of anilines is 1. The molecule has 1 heterocycles. The maximum Gasteiger partial charge on any atom is 0.126 e. The summed E-state index contributed by atoms with van der Waals surface area (Å²) in [5.74, 6) is 0.786. The average Bonchev–Trinajstić information content (AvgIpc) is 2.79. The number of nitrogens with two attached hydrogens (primary N) is 1. The van der Waals surface area contributed by atoms with Crippen molar-refractivity contribution < 1.29 is 4.39 Å². The van der Waals surface area contributed by atoms with E-state index in [0.29, 0.717) is 11.3 Å². The summed E-state index contributed by atoms with van der Waals surface area (Å²) in [4.78, 5) is 4.68. The van der Waals surface area contributed by atoms with Gasteiger partial charge in [0.1, 0.15) is 11.6 Å². The highest BCUT2D eigenvalue weighted by atomic mass is 19.1. The van der Waals surface area contributed by atoms with Gasteiger partial charge in [0.05, 0.1) is 11.0 Å². The van der Waals surface area contributed by atoms with Crippen LogP contribution in [0.1, 0.15) is 24.7 Å². The third kappa shape index (κ3) is 2.37. The van der Waals surface area contributed by atoms with Gasteiger partial charge in [0, 0.05) is 17.8 Å². The fourth-order valence-electron chi connectivity index (χ4n) is 2.59. The zero-order chi connectivity index (χ0) is 15.0. The Balaban J connectivity index is 2.27. The predicted octanol–water partition coefficient (Wildman–Crippen LogP) is 4.01. The summed E-state index contributed by atoms with van der Waals surface area (Å²) < 4.78 is 15.6. The molecule has 0 aliphatic carbocycles. The second-order valence-corrected chi connectivity index (χ2v) is 5.30. The molecule has 0 saturated carbocycles. The number of benzene rings is 2. The van der Waals surface area contributed by atoms with Gasteiger partial charge in [-0.15, -0.1) is 0 Å². The first-order chi connectivity index (χ1) is 10.1. The van der Waals surface area contributed by atoms with E-state index in [9.17, 15) is 4.39 Å².